The summed E-state index contributed by atoms with van der Waals surface area (Å²) in [4.78, 5) is 13.2. The van der Waals surface area contributed by atoms with E-state index in [1.54, 1.807) is 17.1 Å². The van der Waals surface area contributed by atoms with Gasteiger partial charge in [-0.05, 0) is 41.3 Å². The Morgan fingerprint density at radius 2 is 1.58 bits per heavy atom. The van der Waals surface area contributed by atoms with Crippen LogP contribution in [0.4, 0.5) is 0 Å². The average Bonchev–Trinajstić information content (AvgIpc) is 3.14. The van der Waals surface area contributed by atoms with Crippen LogP contribution in [0.1, 0.15) is 22.6 Å². The van der Waals surface area contributed by atoms with Crippen molar-refractivity contribution in [2.45, 2.75) is 12.3 Å². The molecule has 5 nitrogen and oxygen atoms in total. The molecule has 0 aliphatic rings. The largest absolute Gasteiger partial charge is 0.275 e. The van der Waals surface area contributed by atoms with Gasteiger partial charge in [0.15, 0.2) is 0 Å². The summed E-state index contributed by atoms with van der Waals surface area (Å²) < 4.78 is 1.80. The van der Waals surface area contributed by atoms with Gasteiger partial charge >= 0.3 is 0 Å². The third kappa shape index (κ3) is 3.37. The van der Waals surface area contributed by atoms with Crippen LogP contribution in [0.25, 0.3) is 11.3 Å². The first-order valence-corrected chi connectivity index (χ1v) is 8.54. The van der Waals surface area contributed by atoms with E-state index in [1.165, 1.54) is 16.7 Å². The molecule has 4 rings (SSSR count). The molecule has 128 valence electrons. The van der Waals surface area contributed by atoms with Gasteiger partial charge in [-0.2, -0.15) is 5.10 Å². The quantitative estimate of drug-likeness (QED) is 0.556. The van der Waals surface area contributed by atoms with Gasteiger partial charge in [0.1, 0.15) is 0 Å². The molecular formula is C21H19N5. The molecule has 0 unspecified atom stereocenters. The van der Waals surface area contributed by atoms with Gasteiger partial charge in [-0.25, -0.2) is 0 Å². The van der Waals surface area contributed by atoms with E-state index in [0.717, 1.165) is 17.7 Å². The molecule has 0 atom stereocenters. The van der Waals surface area contributed by atoms with Crippen LogP contribution in [0.3, 0.4) is 0 Å². The fourth-order valence-electron chi connectivity index (χ4n) is 3.22. The van der Waals surface area contributed by atoms with Crippen LogP contribution in [0.2, 0.25) is 0 Å². The van der Waals surface area contributed by atoms with Crippen molar-refractivity contribution in [3.05, 3.63) is 96.5 Å². The molecule has 0 aromatic carbocycles. The molecule has 0 saturated heterocycles. The minimum Gasteiger partial charge on any atom is -0.275 e. The van der Waals surface area contributed by atoms with Gasteiger partial charge in [0, 0.05) is 55.7 Å². The lowest BCUT2D eigenvalue weighted by Crippen LogP contribution is -2.07. The van der Waals surface area contributed by atoms with Gasteiger partial charge in [-0.15, -0.1) is 0 Å². The highest BCUT2D eigenvalue weighted by molar-refractivity contribution is 5.61. The summed E-state index contributed by atoms with van der Waals surface area (Å²) in [5, 5.41) is 4.29. The van der Waals surface area contributed by atoms with Crippen molar-refractivity contribution in [1.82, 2.24) is 24.7 Å². The molecule has 0 radical (unpaired) electrons. The van der Waals surface area contributed by atoms with Gasteiger partial charge in [0.05, 0.1) is 11.9 Å². The van der Waals surface area contributed by atoms with Gasteiger partial charge in [-0.1, -0.05) is 18.2 Å². The van der Waals surface area contributed by atoms with Crippen LogP contribution in [0.15, 0.2) is 79.8 Å². The van der Waals surface area contributed by atoms with Crippen molar-refractivity contribution >= 4 is 0 Å². The monoisotopic (exact) mass is 341 g/mol. The SMILES string of the molecule is Cn1cc(-c2ncccc2CC(c2cccnc2)c2cccnc2)cn1. The van der Waals surface area contributed by atoms with Crippen LogP contribution in [-0.4, -0.2) is 24.7 Å². The fourth-order valence-corrected chi connectivity index (χ4v) is 3.22. The van der Waals surface area contributed by atoms with E-state index >= 15 is 0 Å². The van der Waals surface area contributed by atoms with Gasteiger partial charge in [0.2, 0.25) is 0 Å². The zero-order chi connectivity index (χ0) is 17.8. The van der Waals surface area contributed by atoms with Crippen LogP contribution >= 0.6 is 0 Å². The molecule has 0 fully saturated rings. The average molecular weight is 341 g/mol. The smallest absolute Gasteiger partial charge is 0.0765 e. The third-order valence-electron chi connectivity index (χ3n) is 4.47. The van der Waals surface area contributed by atoms with Crippen molar-refractivity contribution in [3.63, 3.8) is 0 Å². The molecule has 0 aliphatic carbocycles. The van der Waals surface area contributed by atoms with Gasteiger partial charge in [0.25, 0.3) is 0 Å². The molecule has 0 bridgehead atoms. The van der Waals surface area contributed by atoms with Crippen molar-refractivity contribution in [3.8, 4) is 11.3 Å². The maximum atomic E-state index is 4.62. The van der Waals surface area contributed by atoms with E-state index in [-0.39, 0.29) is 5.92 Å². The first-order chi connectivity index (χ1) is 12.8. The molecule has 4 aromatic rings. The number of nitrogens with zero attached hydrogens (tertiary/aromatic N) is 5. The van der Waals surface area contributed by atoms with Crippen LogP contribution in [0, 0.1) is 0 Å². The summed E-state index contributed by atoms with van der Waals surface area (Å²) >= 11 is 0. The van der Waals surface area contributed by atoms with Crippen molar-refractivity contribution in [2.75, 3.05) is 0 Å². The van der Waals surface area contributed by atoms with Gasteiger partial charge in [-0.3, -0.25) is 19.6 Å². The van der Waals surface area contributed by atoms with Crippen molar-refractivity contribution in [2.24, 2.45) is 7.05 Å². The molecule has 4 aromatic heterocycles. The molecule has 5 heteroatoms. The highest BCUT2D eigenvalue weighted by Crippen LogP contribution is 2.31. The predicted molar refractivity (Wildman–Crippen MR) is 100 cm³/mol. The van der Waals surface area contributed by atoms with Crippen molar-refractivity contribution < 1.29 is 0 Å². The normalized spacial score (nSPS) is 11.0. The van der Waals surface area contributed by atoms with E-state index in [4.69, 9.17) is 0 Å². The molecule has 0 aliphatic heterocycles. The third-order valence-corrected chi connectivity index (χ3v) is 4.47. The topological polar surface area (TPSA) is 56.5 Å². The number of aryl methyl sites for hydroxylation is 1. The van der Waals surface area contributed by atoms with Crippen LogP contribution < -0.4 is 0 Å². The second-order valence-corrected chi connectivity index (χ2v) is 6.24. The van der Waals surface area contributed by atoms with Gasteiger partial charge < -0.3 is 0 Å². The minimum atomic E-state index is 0.164. The fraction of sp³-hybridized carbons (Fsp3) is 0.143. The summed E-state index contributed by atoms with van der Waals surface area (Å²) in [5.41, 5.74) is 5.51. The standard InChI is InChI=1S/C21H19N5/c1-26-15-19(14-25-26)21-16(5-4-10-24-21)11-20(17-6-2-8-22-12-17)18-7-3-9-23-13-18/h2-10,12-15,20H,11H2,1H3. The van der Waals surface area contributed by atoms with E-state index < -0.39 is 0 Å². The van der Waals surface area contributed by atoms with E-state index in [2.05, 4.69) is 38.2 Å². The van der Waals surface area contributed by atoms with E-state index in [9.17, 15) is 0 Å². The lowest BCUT2D eigenvalue weighted by atomic mass is 9.86. The number of pyridine rings is 3. The molecule has 0 spiro atoms. The number of aromatic nitrogens is 5. The molecule has 0 amide bonds. The molecule has 4 heterocycles. The Bertz CT molecular complexity index is 940. The van der Waals surface area contributed by atoms with E-state index in [0.29, 0.717) is 0 Å². The first kappa shape index (κ1) is 16.1. The summed E-state index contributed by atoms with van der Waals surface area (Å²) in [7, 11) is 1.92. The van der Waals surface area contributed by atoms with E-state index in [1.807, 2.05) is 56.2 Å². The summed E-state index contributed by atoms with van der Waals surface area (Å²) in [6.07, 6.45) is 14.0. The second-order valence-electron chi connectivity index (χ2n) is 6.24. The predicted octanol–water partition coefficient (Wildman–Crippen LogP) is 3.65. The number of hydrogen-bond acceptors (Lipinski definition) is 4. The lowest BCUT2D eigenvalue weighted by Gasteiger charge is -2.18. The Balaban J connectivity index is 1.76. The van der Waals surface area contributed by atoms with Crippen LogP contribution in [-0.2, 0) is 13.5 Å². The van der Waals surface area contributed by atoms with Crippen LogP contribution in [0.5, 0.6) is 0 Å². The molecule has 0 saturated carbocycles. The number of rotatable bonds is 5. The molecule has 0 N–H and O–H groups in total. The Labute approximate surface area is 152 Å². The Hall–Kier alpha value is -3.34. The highest BCUT2D eigenvalue weighted by atomic mass is 15.2. The summed E-state index contributed by atoms with van der Waals surface area (Å²) in [5.74, 6) is 0.164. The Kier molecular flexibility index (Phi) is 4.51. The molecular weight excluding hydrogens is 322 g/mol. The minimum absolute atomic E-state index is 0.164. The summed E-state index contributed by atoms with van der Waals surface area (Å²) in [6, 6.07) is 12.3. The number of hydrogen-bond donors (Lipinski definition) is 0. The zero-order valence-corrected chi connectivity index (χ0v) is 14.5. The highest BCUT2D eigenvalue weighted by Gasteiger charge is 2.18. The maximum absolute atomic E-state index is 4.62. The molecule has 26 heavy (non-hydrogen) atoms. The Morgan fingerprint density at radius 3 is 2.15 bits per heavy atom. The summed E-state index contributed by atoms with van der Waals surface area (Å²) in [6.45, 7) is 0. The Morgan fingerprint density at radius 1 is 0.885 bits per heavy atom. The maximum Gasteiger partial charge on any atom is 0.0765 e. The second kappa shape index (κ2) is 7.27. The lowest BCUT2D eigenvalue weighted by molar-refractivity contribution is 0.767. The first-order valence-electron chi connectivity index (χ1n) is 8.54. The van der Waals surface area contributed by atoms with Crippen molar-refractivity contribution in [1.29, 1.82) is 0 Å². The zero-order valence-electron chi connectivity index (χ0n) is 14.5.